The standard InChI is InChI=1S/C14H10Br2FNO2/c15-8-2-1-3-10(6-8)18-13(14(19)20)11-7-9(16)4-5-12(11)17/h1-7,13,18H,(H,19,20). The van der Waals surface area contributed by atoms with Gasteiger partial charge >= 0.3 is 5.97 Å². The molecule has 3 nitrogen and oxygen atoms in total. The van der Waals surface area contributed by atoms with Crippen LogP contribution in [0.4, 0.5) is 10.1 Å². The molecular weight excluding hydrogens is 393 g/mol. The van der Waals surface area contributed by atoms with E-state index >= 15 is 0 Å². The summed E-state index contributed by atoms with van der Waals surface area (Å²) in [7, 11) is 0. The molecular formula is C14H10Br2FNO2. The molecule has 0 saturated heterocycles. The topological polar surface area (TPSA) is 49.3 Å². The normalized spacial score (nSPS) is 11.9. The highest BCUT2D eigenvalue weighted by molar-refractivity contribution is 9.10. The first-order chi connectivity index (χ1) is 9.47. The van der Waals surface area contributed by atoms with Crippen molar-refractivity contribution in [2.24, 2.45) is 0 Å². The highest BCUT2D eigenvalue weighted by atomic mass is 79.9. The van der Waals surface area contributed by atoms with E-state index in [1.54, 1.807) is 18.2 Å². The summed E-state index contributed by atoms with van der Waals surface area (Å²) in [4.78, 5) is 11.4. The monoisotopic (exact) mass is 401 g/mol. The Kier molecular flexibility index (Phi) is 4.77. The lowest BCUT2D eigenvalue weighted by Gasteiger charge is -2.17. The minimum absolute atomic E-state index is 0.0758. The van der Waals surface area contributed by atoms with Gasteiger partial charge in [0.2, 0.25) is 0 Å². The van der Waals surface area contributed by atoms with E-state index in [-0.39, 0.29) is 5.56 Å². The summed E-state index contributed by atoms with van der Waals surface area (Å²) in [6.45, 7) is 0. The number of nitrogens with one attached hydrogen (secondary N) is 1. The van der Waals surface area contributed by atoms with Crippen LogP contribution in [0.25, 0.3) is 0 Å². The van der Waals surface area contributed by atoms with Crippen LogP contribution in [-0.4, -0.2) is 11.1 Å². The van der Waals surface area contributed by atoms with Crippen LogP contribution >= 0.6 is 31.9 Å². The van der Waals surface area contributed by atoms with Crippen molar-refractivity contribution in [1.82, 2.24) is 0 Å². The summed E-state index contributed by atoms with van der Waals surface area (Å²) in [5, 5.41) is 12.1. The van der Waals surface area contributed by atoms with Crippen LogP contribution in [-0.2, 0) is 4.79 Å². The molecule has 0 aliphatic heterocycles. The number of hydrogen-bond donors (Lipinski definition) is 2. The van der Waals surface area contributed by atoms with Gasteiger partial charge < -0.3 is 10.4 Å². The minimum Gasteiger partial charge on any atom is -0.479 e. The average Bonchev–Trinajstić information content (AvgIpc) is 2.39. The van der Waals surface area contributed by atoms with Crippen LogP contribution < -0.4 is 5.32 Å². The van der Waals surface area contributed by atoms with Gasteiger partial charge in [-0.2, -0.15) is 0 Å². The molecule has 0 radical (unpaired) electrons. The van der Waals surface area contributed by atoms with Crippen molar-refractivity contribution < 1.29 is 14.3 Å². The summed E-state index contributed by atoms with van der Waals surface area (Å²) in [6.07, 6.45) is 0. The van der Waals surface area contributed by atoms with Gasteiger partial charge in [-0.25, -0.2) is 9.18 Å². The maximum absolute atomic E-state index is 13.8. The number of halogens is 3. The number of rotatable bonds is 4. The van der Waals surface area contributed by atoms with Gasteiger partial charge in [-0.1, -0.05) is 37.9 Å². The molecule has 2 aromatic carbocycles. The van der Waals surface area contributed by atoms with E-state index in [9.17, 15) is 14.3 Å². The third-order valence-corrected chi connectivity index (χ3v) is 3.64. The Morgan fingerprint density at radius 2 is 1.85 bits per heavy atom. The molecule has 0 fully saturated rings. The molecule has 0 aromatic heterocycles. The fraction of sp³-hybridized carbons (Fsp3) is 0.0714. The molecule has 104 valence electrons. The second-order valence-corrected chi connectivity index (χ2v) is 5.92. The van der Waals surface area contributed by atoms with Gasteiger partial charge in [-0.15, -0.1) is 0 Å². The van der Waals surface area contributed by atoms with Crippen molar-refractivity contribution in [3.8, 4) is 0 Å². The zero-order valence-corrected chi connectivity index (χ0v) is 13.3. The van der Waals surface area contributed by atoms with Crippen molar-refractivity contribution in [3.63, 3.8) is 0 Å². The summed E-state index contributed by atoms with van der Waals surface area (Å²) in [5.41, 5.74) is 0.665. The highest BCUT2D eigenvalue weighted by Gasteiger charge is 2.23. The molecule has 6 heteroatoms. The Morgan fingerprint density at radius 3 is 2.50 bits per heavy atom. The van der Waals surface area contributed by atoms with Crippen LogP contribution in [0, 0.1) is 5.82 Å². The lowest BCUT2D eigenvalue weighted by molar-refractivity contribution is -0.138. The minimum atomic E-state index is -1.17. The molecule has 2 N–H and O–H groups in total. The van der Waals surface area contributed by atoms with E-state index in [0.717, 1.165) is 4.47 Å². The number of carboxylic acid groups (broad SMARTS) is 1. The summed E-state index contributed by atoms with van der Waals surface area (Å²) >= 11 is 6.52. The Morgan fingerprint density at radius 1 is 1.15 bits per heavy atom. The molecule has 0 bridgehead atoms. The van der Waals surface area contributed by atoms with Crippen molar-refractivity contribution in [3.05, 3.63) is 62.8 Å². The SMILES string of the molecule is O=C(O)C(Nc1cccc(Br)c1)c1cc(Br)ccc1F. The van der Waals surface area contributed by atoms with Gasteiger partial charge in [0.15, 0.2) is 6.04 Å². The van der Waals surface area contributed by atoms with Crippen LogP contribution in [0.5, 0.6) is 0 Å². The smallest absolute Gasteiger partial charge is 0.330 e. The predicted molar refractivity (Wildman–Crippen MR) is 82.2 cm³/mol. The highest BCUT2D eigenvalue weighted by Crippen LogP contribution is 2.26. The molecule has 0 aliphatic carbocycles. The van der Waals surface area contributed by atoms with Crippen molar-refractivity contribution in [2.45, 2.75) is 6.04 Å². The zero-order valence-electron chi connectivity index (χ0n) is 10.1. The predicted octanol–water partition coefficient (Wildman–Crippen LogP) is 4.59. The van der Waals surface area contributed by atoms with E-state index in [4.69, 9.17) is 0 Å². The van der Waals surface area contributed by atoms with E-state index < -0.39 is 17.8 Å². The van der Waals surface area contributed by atoms with E-state index in [1.165, 1.54) is 18.2 Å². The van der Waals surface area contributed by atoms with Crippen LogP contribution in [0.1, 0.15) is 11.6 Å². The van der Waals surface area contributed by atoms with Crippen molar-refractivity contribution in [1.29, 1.82) is 0 Å². The third-order valence-electron chi connectivity index (χ3n) is 2.65. The molecule has 0 aliphatic rings. The van der Waals surface area contributed by atoms with Crippen LogP contribution in [0.2, 0.25) is 0 Å². The Labute approximate surface area is 132 Å². The molecule has 20 heavy (non-hydrogen) atoms. The molecule has 0 saturated carbocycles. The van der Waals surface area contributed by atoms with Gasteiger partial charge in [0.1, 0.15) is 5.82 Å². The largest absolute Gasteiger partial charge is 0.479 e. The summed E-state index contributed by atoms with van der Waals surface area (Å²) < 4.78 is 15.3. The number of benzene rings is 2. The van der Waals surface area contributed by atoms with Gasteiger partial charge in [-0.3, -0.25) is 0 Å². The Hall–Kier alpha value is -1.40. The maximum Gasteiger partial charge on any atom is 0.330 e. The van der Waals surface area contributed by atoms with Gasteiger partial charge in [0.05, 0.1) is 0 Å². The fourth-order valence-corrected chi connectivity index (χ4v) is 2.53. The molecule has 0 amide bonds. The number of anilines is 1. The maximum atomic E-state index is 13.8. The number of hydrogen-bond acceptors (Lipinski definition) is 2. The Bertz CT molecular complexity index is 649. The first-order valence-corrected chi connectivity index (χ1v) is 7.26. The summed E-state index contributed by atoms with van der Waals surface area (Å²) in [5.74, 6) is -1.72. The second-order valence-electron chi connectivity index (χ2n) is 4.09. The first-order valence-electron chi connectivity index (χ1n) is 5.67. The van der Waals surface area contributed by atoms with E-state index in [2.05, 4.69) is 37.2 Å². The first kappa shape index (κ1) is 15.0. The molecule has 1 unspecified atom stereocenters. The van der Waals surface area contributed by atoms with Crippen LogP contribution in [0.15, 0.2) is 51.4 Å². The van der Waals surface area contributed by atoms with Crippen molar-refractivity contribution >= 4 is 43.5 Å². The summed E-state index contributed by atoms with van der Waals surface area (Å²) in [6, 6.07) is 10.1. The third kappa shape index (κ3) is 3.58. The second kappa shape index (κ2) is 6.37. The van der Waals surface area contributed by atoms with Gasteiger partial charge in [0.25, 0.3) is 0 Å². The molecule has 0 spiro atoms. The quantitative estimate of drug-likeness (QED) is 0.786. The van der Waals surface area contributed by atoms with Crippen molar-refractivity contribution in [2.75, 3.05) is 5.32 Å². The molecule has 2 aromatic rings. The fourth-order valence-electron chi connectivity index (χ4n) is 1.75. The Balaban J connectivity index is 2.37. The zero-order chi connectivity index (χ0) is 14.7. The van der Waals surface area contributed by atoms with Crippen LogP contribution in [0.3, 0.4) is 0 Å². The van der Waals surface area contributed by atoms with E-state index in [1.807, 2.05) is 6.07 Å². The van der Waals surface area contributed by atoms with Gasteiger partial charge in [0, 0.05) is 20.2 Å². The number of carbonyl (C=O) groups is 1. The molecule has 1 atom stereocenters. The van der Waals surface area contributed by atoms with E-state index in [0.29, 0.717) is 10.2 Å². The number of aliphatic carboxylic acids is 1. The lowest BCUT2D eigenvalue weighted by Crippen LogP contribution is -2.21. The lowest BCUT2D eigenvalue weighted by atomic mass is 10.1. The van der Waals surface area contributed by atoms with Gasteiger partial charge in [-0.05, 0) is 36.4 Å². The molecule has 2 rings (SSSR count). The molecule has 0 heterocycles. The number of carboxylic acids is 1. The average molecular weight is 403 g/mol.